The molecule has 0 aliphatic carbocycles. The zero-order valence-corrected chi connectivity index (χ0v) is 14.9. The molecule has 1 N–H and O–H groups in total. The summed E-state index contributed by atoms with van der Waals surface area (Å²) in [6, 6.07) is 7.55. The summed E-state index contributed by atoms with van der Waals surface area (Å²) in [5.74, 6) is -0.269. The number of nitrogens with zero attached hydrogens (tertiary/aromatic N) is 3. The lowest BCUT2D eigenvalue weighted by Gasteiger charge is -2.16. The third-order valence-electron chi connectivity index (χ3n) is 4.05. The number of rotatable bonds is 4. The van der Waals surface area contributed by atoms with Crippen LogP contribution in [0.4, 0.5) is 10.8 Å². The molecule has 1 aliphatic rings. The third kappa shape index (κ3) is 3.69. The number of hydrogen-bond donors (Lipinski definition) is 1. The van der Waals surface area contributed by atoms with Crippen LogP contribution in [0.3, 0.4) is 0 Å². The van der Waals surface area contributed by atoms with Gasteiger partial charge in [0.15, 0.2) is 5.13 Å². The Balaban J connectivity index is 1.70. The topological polar surface area (TPSA) is 86.1 Å². The number of amides is 2. The average Bonchev–Trinajstić information content (AvgIpc) is 3.20. The maximum absolute atomic E-state index is 12.6. The van der Waals surface area contributed by atoms with Gasteiger partial charge in [0.25, 0.3) is 0 Å². The van der Waals surface area contributed by atoms with Crippen LogP contribution in [0.2, 0.25) is 0 Å². The first-order valence-corrected chi connectivity index (χ1v) is 8.94. The summed E-state index contributed by atoms with van der Waals surface area (Å²) in [5, 5.41) is 14.1. The van der Waals surface area contributed by atoms with Gasteiger partial charge in [-0.1, -0.05) is 19.9 Å². The molecule has 6 nitrogen and oxygen atoms in total. The van der Waals surface area contributed by atoms with Crippen LogP contribution in [0.25, 0.3) is 0 Å². The summed E-state index contributed by atoms with van der Waals surface area (Å²) >= 11 is 1.31. The summed E-state index contributed by atoms with van der Waals surface area (Å²) in [4.78, 5) is 30.4. The highest BCUT2D eigenvalue weighted by Crippen LogP contribution is 2.29. The Morgan fingerprint density at radius 3 is 2.96 bits per heavy atom. The zero-order valence-electron chi connectivity index (χ0n) is 14.1. The molecule has 0 spiro atoms. The predicted octanol–water partition coefficient (Wildman–Crippen LogP) is 2.74. The van der Waals surface area contributed by atoms with Gasteiger partial charge in [0.05, 0.1) is 23.7 Å². The van der Waals surface area contributed by atoms with Crippen molar-refractivity contribution in [3.8, 4) is 6.07 Å². The molecule has 128 valence electrons. The summed E-state index contributed by atoms with van der Waals surface area (Å²) in [7, 11) is 0. The van der Waals surface area contributed by atoms with Gasteiger partial charge >= 0.3 is 0 Å². The first-order chi connectivity index (χ1) is 12.0. The summed E-state index contributed by atoms with van der Waals surface area (Å²) < 4.78 is 0. The molecule has 2 heterocycles. The van der Waals surface area contributed by atoms with E-state index in [0.29, 0.717) is 22.9 Å². The van der Waals surface area contributed by atoms with Crippen LogP contribution in [0.5, 0.6) is 0 Å². The third-order valence-corrected chi connectivity index (χ3v) is 4.86. The molecule has 1 aliphatic heterocycles. The molecule has 2 amide bonds. The minimum Gasteiger partial charge on any atom is -0.311 e. The highest BCUT2D eigenvalue weighted by molar-refractivity contribution is 7.13. The van der Waals surface area contributed by atoms with Crippen molar-refractivity contribution in [2.45, 2.75) is 26.7 Å². The van der Waals surface area contributed by atoms with Gasteiger partial charge in [-0.2, -0.15) is 5.26 Å². The van der Waals surface area contributed by atoms with E-state index in [1.54, 1.807) is 22.4 Å². The van der Waals surface area contributed by atoms with Gasteiger partial charge in [-0.3, -0.25) is 9.59 Å². The smallest absolute Gasteiger partial charge is 0.233 e. The number of fused-ring (bicyclic) bond motifs is 1. The second-order valence-electron chi connectivity index (χ2n) is 6.22. The van der Waals surface area contributed by atoms with Gasteiger partial charge in [0.2, 0.25) is 11.8 Å². The van der Waals surface area contributed by atoms with Crippen LogP contribution in [0.15, 0.2) is 23.6 Å². The number of nitrogens with one attached hydrogen (secondary N) is 1. The van der Waals surface area contributed by atoms with Crippen molar-refractivity contribution in [1.29, 1.82) is 5.26 Å². The van der Waals surface area contributed by atoms with E-state index in [2.05, 4.69) is 16.4 Å². The molecule has 0 radical (unpaired) electrons. The fourth-order valence-electron chi connectivity index (χ4n) is 2.65. The molecule has 0 atom stereocenters. The van der Waals surface area contributed by atoms with E-state index in [1.165, 1.54) is 11.3 Å². The summed E-state index contributed by atoms with van der Waals surface area (Å²) in [5.41, 5.74) is 3.08. The Kier molecular flexibility index (Phi) is 4.81. The number of carbonyl (C=O) groups is 2. The first kappa shape index (κ1) is 17.1. The van der Waals surface area contributed by atoms with Crippen molar-refractivity contribution in [3.63, 3.8) is 0 Å². The second kappa shape index (κ2) is 7.03. The summed E-state index contributed by atoms with van der Waals surface area (Å²) in [6.45, 7) is 4.24. The van der Waals surface area contributed by atoms with Gasteiger partial charge in [0.1, 0.15) is 0 Å². The van der Waals surface area contributed by atoms with Crippen molar-refractivity contribution in [1.82, 2.24) is 4.98 Å². The van der Waals surface area contributed by atoms with Crippen molar-refractivity contribution in [2.24, 2.45) is 5.92 Å². The largest absolute Gasteiger partial charge is 0.311 e. The average molecular weight is 354 g/mol. The SMILES string of the molecule is CC(C)C(=O)Nc1nc(CC(=O)N2CCc3ccc(C#N)cc32)cs1. The Morgan fingerprint density at radius 1 is 1.44 bits per heavy atom. The molecule has 0 fully saturated rings. The van der Waals surface area contributed by atoms with E-state index in [1.807, 2.05) is 19.9 Å². The minimum atomic E-state index is -0.121. The van der Waals surface area contributed by atoms with Crippen molar-refractivity contribution in [2.75, 3.05) is 16.8 Å². The number of carbonyl (C=O) groups excluding carboxylic acids is 2. The van der Waals surface area contributed by atoms with Crippen LogP contribution in [0, 0.1) is 17.2 Å². The lowest BCUT2D eigenvalue weighted by molar-refractivity contribution is -0.119. The van der Waals surface area contributed by atoms with Gasteiger partial charge in [-0.25, -0.2) is 4.98 Å². The maximum Gasteiger partial charge on any atom is 0.233 e. The van der Waals surface area contributed by atoms with E-state index < -0.39 is 0 Å². The molecule has 7 heteroatoms. The normalized spacial score (nSPS) is 12.8. The van der Waals surface area contributed by atoms with E-state index >= 15 is 0 Å². The number of hydrogen-bond acceptors (Lipinski definition) is 5. The molecular weight excluding hydrogens is 336 g/mol. The van der Waals surface area contributed by atoms with Gasteiger partial charge in [-0.15, -0.1) is 11.3 Å². The Labute approximate surface area is 150 Å². The first-order valence-electron chi connectivity index (χ1n) is 8.06. The van der Waals surface area contributed by atoms with Crippen LogP contribution in [0.1, 0.15) is 30.7 Å². The van der Waals surface area contributed by atoms with Crippen LogP contribution in [-0.2, 0) is 22.4 Å². The lowest BCUT2D eigenvalue weighted by Crippen LogP contribution is -2.30. The molecule has 25 heavy (non-hydrogen) atoms. The van der Waals surface area contributed by atoms with Gasteiger partial charge in [-0.05, 0) is 24.1 Å². The molecule has 1 aromatic carbocycles. The maximum atomic E-state index is 12.6. The molecule has 1 aromatic heterocycles. The summed E-state index contributed by atoms with van der Waals surface area (Å²) in [6.07, 6.45) is 0.962. The standard InChI is InChI=1S/C18H18N4O2S/c1-11(2)17(24)21-18-20-14(10-25-18)8-16(23)22-6-5-13-4-3-12(9-19)7-15(13)22/h3-4,7,10-11H,5-6,8H2,1-2H3,(H,20,21,24). The van der Waals surface area contributed by atoms with E-state index in [0.717, 1.165) is 17.7 Å². The molecule has 0 bridgehead atoms. The minimum absolute atomic E-state index is 0.0547. The van der Waals surface area contributed by atoms with Crippen molar-refractivity contribution >= 4 is 34.0 Å². The fourth-order valence-corrected chi connectivity index (χ4v) is 3.37. The van der Waals surface area contributed by atoms with Gasteiger partial charge < -0.3 is 10.2 Å². The highest BCUT2D eigenvalue weighted by atomic mass is 32.1. The number of nitriles is 1. The molecular formula is C18H18N4O2S. The predicted molar refractivity (Wildman–Crippen MR) is 96.5 cm³/mol. The van der Waals surface area contributed by atoms with Gasteiger partial charge in [0, 0.05) is 23.5 Å². The quantitative estimate of drug-likeness (QED) is 0.915. The van der Waals surface area contributed by atoms with Crippen molar-refractivity contribution in [3.05, 3.63) is 40.4 Å². The lowest BCUT2D eigenvalue weighted by atomic mass is 10.1. The molecule has 0 unspecified atom stereocenters. The monoisotopic (exact) mass is 354 g/mol. The number of benzene rings is 1. The molecule has 0 saturated carbocycles. The number of aromatic nitrogens is 1. The number of thiazole rings is 1. The van der Waals surface area contributed by atoms with Crippen molar-refractivity contribution < 1.29 is 9.59 Å². The highest BCUT2D eigenvalue weighted by Gasteiger charge is 2.25. The molecule has 3 rings (SSSR count). The van der Waals surface area contributed by atoms with Crippen LogP contribution >= 0.6 is 11.3 Å². The van der Waals surface area contributed by atoms with Crippen LogP contribution in [-0.4, -0.2) is 23.3 Å². The Morgan fingerprint density at radius 2 is 2.24 bits per heavy atom. The fraction of sp³-hybridized carbons (Fsp3) is 0.333. The molecule has 2 aromatic rings. The van der Waals surface area contributed by atoms with E-state index in [4.69, 9.17) is 5.26 Å². The Bertz CT molecular complexity index is 866. The van der Waals surface area contributed by atoms with Crippen LogP contribution < -0.4 is 10.2 Å². The second-order valence-corrected chi connectivity index (χ2v) is 7.07. The van der Waals surface area contributed by atoms with E-state index in [-0.39, 0.29) is 24.2 Å². The molecule has 0 saturated heterocycles. The zero-order chi connectivity index (χ0) is 18.0. The Hall–Kier alpha value is -2.72. The number of anilines is 2. The van der Waals surface area contributed by atoms with E-state index in [9.17, 15) is 9.59 Å².